The molecule has 1 aromatic carbocycles. The summed E-state index contributed by atoms with van der Waals surface area (Å²) in [5.74, 6) is -2.59. The number of benzene rings is 1. The van der Waals surface area contributed by atoms with E-state index in [4.69, 9.17) is 0 Å². The summed E-state index contributed by atoms with van der Waals surface area (Å²) in [6, 6.07) is 4.81. The number of rotatable bonds is 18. The fourth-order valence-corrected chi connectivity index (χ4v) is 5.50. The maximum Gasteiger partial charge on any atom is 0.306 e. The van der Waals surface area contributed by atoms with Crippen LogP contribution in [0.5, 0.6) is 0 Å². The molecular weight excluding hydrogens is 600 g/mol. The molecule has 0 radical (unpaired) electrons. The molecule has 0 bridgehead atoms. The summed E-state index contributed by atoms with van der Waals surface area (Å²) in [5.41, 5.74) is 4.63. The van der Waals surface area contributed by atoms with Crippen molar-refractivity contribution in [3.63, 3.8) is 0 Å². The van der Waals surface area contributed by atoms with Crippen LogP contribution in [-0.2, 0) is 35.3 Å². The van der Waals surface area contributed by atoms with Gasteiger partial charge in [0.1, 0.15) is 18.1 Å². The normalized spacial score (nSPS) is 12.9. The Hall–Kier alpha value is -4.20. The van der Waals surface area contributed by atoms with E-state index >= 15 is 0 Å². The van der Waals surface area contributed by atoms with Crippen molar-refractivity contribution in [1.29, 1.82) is 0 Å². The Labute approximate surface area is 267 Å². The summed E-state index contributed by atoms with van der Waals surface area (Å²) in [6.45, 7) is 8.81. The molecule has 246 valence electrons. The number of esters is 1. The largest absolute Gasteiger partial charge is 0.469 e. The molecule has 0 saturated carbocycles. The van der Waals surface area contributed by atoms with Crippen molar-refractivity contribution < 1.29 is 28.7 Å². The Morgan fingerprint density at radius 3 is 2.27 bits per heavy atom. The van der Waals surface area contributed by atoms with E-state index in [0.717, 1.165) is 21.7 Å². The van der Waals surface area contributed by atoms with Crippen LogP contribution in [0.2, 0.25) is 0 Å². The van der Waals surface area contributed by atoms with E-state index < -0.39 is 47.7 Å². The first-order chi connectivity index (χ1) is 21.4. The number of hydrogen-bond acceptors (Lipinski definition) is 10. The van der Waals surface area contributed by atoms with Crippen molar-refractivity contribution in [3.05, 3.63) is 45.9 Å². The van der Waals surface area contributed by atoms with Crippen molar-refractivity contribution in [3.8, 4) is 10.4 Å². The fourth-order valence-electron chi connectivity index (χ4n) is 4.69. The van der Waals surface area contributed by atoms with Crippen LogP contribution in [0.3, 0.4) is 0 Å². The van der Waals surface area contributed by atoms with Crippen LogP contribution >= 0.6 is 11.3 Å². The number of nitrogens with zero attached hydrogens (tertiary/aromatic N) is 3. The zero-order valence-electron chi connectivity index (χ0n) is 26.8. The van der Waals surface area contributed by atoms with E-state index in [1.165, 1.54) is 18.9 Å². The van der Waals surface area contributed by atoms with E-state index in [-0.39, 0.29) is 44.8 Å². The molecule has 14 heteroatoms. The number of amides is 4. The summed E-state index contributed by atoms with van der Waals surface area (Å²) in [7, 11) is 1.22. The molecule has 0 aliphatic rings. The van der Waals surface area contributed by atoms with Crippen molar-refractivity contribution >= 4 is 40.9 Å². The third kappa shape index (κ3) is 11.7. The molecule has 2 rings (SSSR count). The maximum absolute atomic E-state index is 13.6. The quantitative estimate of drug-likeness (QED) is 0.164. The number of aromatic nitrogens is 1. The predicted octanol–water partition coefficient (Wildman–Crippen LogP) is 3.10. The Morgan fingerprint density at radius 2 is 1.71 bits per heavy atom. The molecule has 0 aliphatic heterocycles. The molecule has 1 aromatic heterocycles. The molecule has 3 atom stereocenters. The monoisotopic (exact) mass is 644 g/mol. The van der Waals surface area contributed by atoms with Gasteiger partial charge in [-0.15, -0.1) is 11.3 Å². The summed E-state index contributed by atoms with van der Waals surface area (Å²) in [6.07, 6.45) is 0.261. The van der Waals surface area contributed by atoms with E-state index in [1.54, 1.807) is 23.8 Å². The number of methoxy groups -OCH3 is 1. The first-order valence-corrected chi connectivity index (χ1v) is 15.8. The molecule has 0 aliphatic carbocycles. The Kier molecular flexibility index (Phi) is 15.3. The smallest absolute Gasteiger partial charge is 0.306 e. The number of ether oxygens (including phenoxy) is 1. The van der Waals surface area contributed by atoms with Crippen LogP contribution in [0, 0.1) is 17.7 Å². The van der Waals surface area contributed by atoms with Crippen LogP contribution in [0.4, 0.5) is 0 Å². The highest BCUT2D eigenvalue weighted by Crippen LogP contribution is 2.27. The average Bonchev–Trinajstić information content (AvgIpc) is 3.45. The highest BCUT2D eigenvalue weighted by molar-refractivity contribution is 7.13. The summed E-state index contributed by atoms with van der Waals surface area (Å²) in [5, 5.41) is 11.0. The number of carbonyl (C=O) groups is 5. The van der Waals surface area contributed by atoms with Gasteiger partial charge >= 0.3 is 5.97 Å². The number of hydrogen-bond donors (Lipinski definition) is 3. The summed E-state index contributed by atoms with van der Waals surface area (Å²) < 4.78 is 4.55. The Balaban J connectivity index is 2.09. The highest BCUT2D eigenvalue weighted by atomic mass is 32.1. The van der Waals surface area contributed by atoms with Crippen molar-refractivity contribution in [2.24, 2.45) is 11.1 Å². The number of thiazole rings is 1. The van der Waals surface area contributed by atoms with Crippen LogP contribution in [0.1, 0.15) is 64.6 Å². The SMILES string of the molecule is CC[C@@H](C(=O)NCc1ccc(-c2scnc2C)cc1)N(CCN=O)C(=O)C(C)NC(=O)[C@H](CC(C)C)NC(=O)CCC(=O)OC. The number of nitrogens with one attached hydrogen (secondary N) is 3. The summed E-state index contributed by atoms with van der Waals surface area (Å²) in [4.78, 5) is 81.4. The molecule has 4 amide bonds. The summed E-state index contributed by atoms with van der Waals surface area (Å²) >= 11 is 1.55. The molecule has 0 spiro atoms. The van der Waals surface area contributed by atoms with Crippen LogP contribution in [0.25, 0.3) is 10.4 Å². The van der Waals surface area contributed by atoms with Crippen LogP contribution < -0.4 is 16.0 Å². The zero-order chi connectivity index (χ0) is 33.5. The molecule has 3 N–H and O–H groups in total. The lowest BCUT2D eigenvalue weighted by Gasteiger charge is -2.32. The maximum atomic E-state index is 13.6. The lowest BCUT2D eigenvalue weighted by atomic mass is 10.0. The molecule has 0 fully saturated rings. The first-order valence-electron chi connectivity index (χ1n) is 14.9. The van der Waals surface area contributed by atoms with E-state index in [0.29, 0.717) is 6.42 Å². The van der Waals surface area contributed by atoms with Gasteiger partial charge in [0.15, 0.2) is 0 Å². The van der Waals surface area contributed by atoms with Crippen molar-refractivity contribution in [2.45, 2.75) is 85.0 Å². The predicted molar refractivity (Wildman–Crippen MR) is 171 cm³/mol. The third-order valence-corrected chi connectivity index (χ3v) is 8.06. The molecule has 0 saturated heterocycles. The van der Waals surface area contributed by atoms with Gasteiger partial charge in [0.2, 0.25) is 23.6 Å². The molecule has 45 heavy (non-hydrogen) atoms. The Bertz CT molecular complexity index is 1310. The lowest BCUT2D eigenvalue weighted by Crippen LogP contribution is -2.57. The minimum absolute atomic E-state index is 0.0315. The van der Waals surface area contributed by atoms with Crippen molar-refractivity contribution in [1.82, 2.24) is 25.8 Å². The second kappa shape index (κ2) is 18.6. The minimum atomic E-state index is -1.07. The molecule has 1 heterocycles. The average molecular weight is 645 g/mol. The topological polar surface area (TPSA) is 176 Å². The number of nitroso groups, excluding NO2 is 1. The highest BCUT2D eigenvalue weighted by Gasteiger charge is 2.33. The second-order valence-corrected chi connectivity index (χ2v) is 11.9. The van der Waals surface area contributed by atoms with E-state index in [2.05, 4.69) is 30.8 Å². The van der Waals surface area contributed by atoms with Crippen LogP contribution in [-0.4, -0.2) is 77.8 Å². The van der Waals surface area contributed by atoms with Gasteiger partial charge in [-0.3, -0.25) is 24.0 Å². The number of aryl methyl sites for hydroxylation is 1. The van der Waals surface area contributed by atoms with Gasteiger partial charge < -0.3 is 25.6 Å². The zero-order valence-corrected chi connectivity index (χ0v) is 27.6. The van der Waals surface area contributed by atoms with Gasteiger partial charge in [-0.25, -0.2) is 4.98 Å². The second-order valence-electron chi connectivity index (χ2n) is 11.0. The molecule has 1 unspecified atom stereocenters. The standard InChI is InChI=1S/C31H44N6O7S/c1-7-25(30(41)32-17-22-8-10-23(11-9-22)28-20(4)33-18-45-28)37(15-14-34-43)31(42)21(5)35-29(40)24(16-19(2)3)36-26(38)12-13-27(39)44-6/h8-11,18-19,21,24-25H,7,12-17H2,1-6H3,(H,32,41)(H,35,40)(H,36,38)/t21?,24-,25-/m0/s1. The minimum Gasteiger partial charge on any atom is -0.469 e. The molecule has 13 nitrogen and oxygen atoms in total. The fraction of sp³-hybridized carbons (Fsp3) is 0.548. The van der Waals surface area contributed by atoms with Gasteiger partial charge in [-0.1, -0.05) is 50.2 Å². The number of carbonyl (C=O) groups excluding carboxylic acids is 5. The van der Waals surface area contributed by atoms with Crippen LogP contribution in [0.15, 0.2) is 35.0 Å². The third-order valence-electron chi connectivity index (χ3n) is 7.08. The van der Waals surface area contributed by atoms with Gasteiger partial charge in [0.25, 0.3) is 0 Å². The van der Waals surface area contributed by atoms with Crippen molar-refractivity contribution in [2.75, 3.05) is 20.2 Å². The van der Waals surface area contributed by atoms with Gasteiger partial charge in [0, 0.05) is 19.5 Å². The van der Waals surface area contributed by atoms with E-state index in [1.807, 2.05) is 45.0 Å². The van der Waals surface area contributed by atoms with E-state index in [9.17, 15) is 28.9 Å². The van der Waals surface area contributed by atoms with Gasteiger partial charge in [-0.2, -0.15) is 4.91 Å². The first kappa shape index (κ1) is 37.0. The lowest BCUT2D eigenvalue weighted by molar-refractivity contribution is -0.143. The molecule has 2 aromatic rings. The van der Waals surface area contributed by atoms with Gasteiger partial charge in [0.05, 0.1) is 36.2 Å². The van der Waals surface area contributed by atoms with Gasteiger partial charge in [-0.05, 0) is 43.7 Å². The molecular formula is C31H44N6O7S. The Morgan fingerprint density at radius 1 is 1.02 bits per heavy atom.